The molecule has 1 saturated heterocycles. The number of para-hydroxylation sites is 1. The minimum atomic E-state index is -0.194. The van der Waals surface area contributed by atoms with E-state index in [4.69, 9.17) is 9.73 Å². The summed E-state index contributed by atoms with van der Waals surface area (Å²) in [5.74, 6) is 0.322. The fourth-order valence-corrected chi connectivity index (χ4v) is 4.86. The number of ether oxygens (including phenoxy) is 1. The molecule has 1 fully saturated rings. The molecule has 1 amide bonds. The Bertz CT molecular complexity index is 1250. The highest BCUT2D eigenvalue weighted by atomic mass is 32.2. The molecule has 1 N–H and O–H groups in total. The molecular formula is C28H26N2O3S. The van der Waals surface area contributed by atoms with E-state index >= 15 is 0 Å². The van der Waals surface area contributed by atoms with Crippen molar-refractivity contribution in [3.05, 3.63) is 107 Å². The number of amidine groups is 1. The van der Waals surface area contributed by atoms with Gasteiger partial charge in [-0.1, -0.05) is 54.6 Å². The monoisotopic (exact) mass is 470 g/mol. The minimum Gasteiger partial charge on any atom is -0.504 e. The molecule has 34 heavy (non-hydrogen) atoms. The van der Waals surface area contributed by atoms with Crippen LogP contribution in [-0.2, 0) is 11.2 Å². The Morgan fingerprint density at radius 2 is 1.79 bits per heavy atom. The fraction of sp³-hybridized carbons (Fsp3) is 0.143. The quantitative estimate of drug-likeness (QED) is 0.316. The van der Waals surface area contributed by atoms with E-state index in [0.29, 0.717) is 27.8 Å². The van der Waals surface area contributed by atoms with Gasteiger partial charge < -0.3 is 9.84 Å². The number of phenolic OH excluding ortho intramolecular Hbond substituents is 1. The molecule has 1 atom stereocenters. The Morgan fingerprint density at radius 3 is 2.44 bits per heavy atom. The highest BCUT2D eigenvalue weighted by Crippen LogP contribution is 2.40. The van der Waals surface area contributed by atoms with Gasteiger partial charge in [-0.05, 0) is 66.6 Å². The van der Waals surface area contributed by atoms with Crippen LogP contribution < -0.4 is 4.74 Å². The maximum Gasteiger partial charge on any atom is 0.267 e. The Labute approximate surface area is 204 Å². The Kier molecular flexibility index (Phi) is 7.18. The molecule has 0 bridgehead atoms. The van der Waals surface area contributed by atoms with Gasteiger partial charge in [0.1, 0.15) is 0 Å². The Balaban J connectivity index is 1.77. The molecule has 1 aliphatic heterocycles. The lowest BCUT2D eigenvalue weighted by Crippen LogP contribution is -2.32. The maximum atomic E-state index is 13.6. The number of rotatable bonds is 7. The number of amides is 1. The van der Waals surface area contributed by atoms with Crippen LogP contribution in [-0.4, -0.2) is 28.2 Å². The van der Waals surface area contributed by atoms with Crippen molar-refractivity contribution in [1.29, 1.82) is 0 Å². The molecule has 1 aliphatic rings. The van der Waals surface area contributed by atoms with Crippen LogP contribution in [0.25, 0.3) is 6.08 Å². The molecule has 0 saturated carbocycles. The third-order valence-corrected chi connectivity index (χ3v) is 6.53. The first kappa shape index (κ1) is 23.4. The standard InChI is InChI=1S/C28H26N2O3S/c1-4-11-22-16-20(17-24(33-3)26(22)31)18-25-27(32)30(19(2)21-12-7-5-8-13-21)28(34-25)29-23-14-9-6-10-15-23/h4-10,12-19,31H,1,11H2,2-3H3/b25-18+,29-28?/t19-/m0/s1. The molecule has 5 nitrogen and oxygen atoms in total. The molecule has 3 aromatic carbocycles. The average Bonchev–Trinajstić information content (AvgIpc) is 3.16. The van der Waals surface area contributed by atoms with E-state index in [1.54, 1.807) is 17.0 Å². The first-order valence-electron chi connectivity index (χ1n) is 10.9. The van der Waals surface area contributed by atoms with E-state index in [9.17, 15) is 9.90 Å². The van der Waals surface area contributed by atoms with Crippen LogP contribution in [0, 0.1) is 0 Å². The molecule has 6 heteroatoms. The second kappa shape index (κ2) is 10.4. The lowest BCUT2D eigenvalue weighted by Gasteiger charge is -2.24. The summed E-state index contributed by atoms with van der Waals surface area (Å²) in [6, 6.07) is 22.9. The van der Waals surface area contributed by atoms with E-state index in [1.807, 2.05) is 79.7 Å². The third kappa shape index (κ3) is 4.92. The zero-order chi connectivity index (χ0) is 24.1. The van der Waals surface area contributed by atoms with E-state index in [0.717, 1.165) is 16.8 Å². The van der Waals surface area contributed by atoms with E-state index < -0.39 is 0 Å². The third-order valence-electron chi connectivity index (χ3n) is 5.55. The summed E-state index contributed by atoms with van der Waals surface area (Å²) in [6.07, 6.45) is 4.02. The van der Waals surface area contributed by atoms with E-state index in [2.05, 4.69) is 6.58 Å². The van der Waals surface area contributed by atoms with E-state index in [1.165, 1.54) is 18.9 Å². The number of carbonyl (C=O) groups excluding carboxylic acids is 1. The number of nitrogens with zero attached hydrogens (tertiary/aromatic N) is 2. The zero-order valence-electron chi connectivity index (χ0n) is 19.1. The molecule has 172 valence electrons. The number of carbonyl (C=O) groups is 1. The number of hydrogen-bond acceptors (Lipinski definition) is 5. The number of allylic oxidation sites excluding steroid dienone is 1. The lowest BCUT2D eigenvalue weighted by molar-refractivity contribution is -0.123. The second-order valence-corrected chi connectivity index (χ2v) is 8.84. The maximum absolute atomic E-state index is 13.6. The van der Waals surface area contributed by atoms with Gasteiger partial charge in [-0.3, -0.25) is 9.69 Å². The zero-order valence-corrected chi connectivity index (χ0v) is 20.0. The first-order valence-corrected chi connectivity index (χ1v) is 11.8. The van der Waals surface area contributed by atoms with Crippen LogP contribution >= 0.6 is 11.8 Å². The molecule has 4 rings (SSSR count). The predicted octanol–water partition coefficient (Wildman–Crippen LogP) is 6.49. The summed E-state index contributed by atoms with van der Waals surface area (Å²) in [7, 11) is 1.51. The molecule has 0 aliphatic carbocycles. The summed E-state index contributed by atoms with van der Waals surface area (Å²) in [5.41, 5.74) is 3.25. The molecule has 0 aromatic heterocycles. The molecule has 0 unspecified atom stereocenters. The van der Waals surface area contributed by atoms with Crippen molar-refractivity contribution in [3.8, 4) is 11.5 Å². The van der Waals surface area contributed by atoms with Crippen molar-refractivity contribution >= 4 is 34.6 Å². The SMILES string of the molecule is C=CCc1cc(/C=C2/SC(=Nc3ccccc3)N([C@@H](C)c3ccccc3)C2=O)cc(OC)c1O. The number of aliphatic imine (C=N–C) groups is 1. The molecule has 0 spiro atoms. The average molecular weight is 471 g/mol. The van der Waals surface area contributed by atoms with Gasteiger partial charge >= 0.3 is 0 Å². The topological polar surface area (TPSA) is 62.1 Å². The van der Waals surface area contributed by atoms with Crippen LogP contribution in [0.4, 0.5) is 5.69 Å². The van der Waals surface area contributed by atoms with Gasteiger partial charge in [0.25, 0.3) is 5.91 Å². The van der Waals surface area contributed by atoms with Crippen molar-refractivity contribution < 1.29 is 14.6 Å². The number of benzene rings is 3. The van der Waals surface area contributed by atoms with Crippen molar-refractivity contribution in [2.45, 2.75) is 19.4 Å². The number of methoxy groups -OCH3 is 1. The van der Waals surface area contributed by atoms with Crippen molar-refractivity contribution in [2.75, 3.05) is 7.11 Å². The van der Waals surface area contributed by atoms with Crippen LogP contribution in [0.5, 0.6) is 11.5 Å². The summed E-state index contributed by atoms with van der Waals surface area (Å²) in [6.45, 7) is 5.76. The van der Waals surface area contributed by atoms with Crippen molar-refractivity contribution in [2.24, 2.45) is 4.99 Å². The van der Waals surface area contributed by atoms with Gasteiger partial charge in [0.05, 0.1) is 23.7 Å². The minimum absolute atomic E-state index is 0.0839. The number of aromatic hydroxyl groups is 1. The van der Waals surface area contributed by atoms with Gasteiger partial charge in [-0.15, -0.1) is 6.58 Å². The van der Waals surface area contributed by atoms with E-state index in [-0.39, 0.29) is 17.7 Å². The highest BCUT2D eigenvalue weighted by Gasteiger charge is 2.37. The Morgan fingerprint density at radius 1 is 1.12 bits per heavy atom. The summed E-state index contributed by atoms with van der Waals surface area (Å²) < 4.78 is 5.34. The van der Waals surface area contributed by atoms with Crippen LogP contribution in [0.3, 0.4) is 0 Å². The van der Waals surface area contributed by atoms with Gasteiger partial charge in [0.2, 0.25) is 0 Å². The van der Waals surface area contributed by atoms with Crippen LogP contribution in [0.1, 0.15) is 29.7 Å². The second-order valence-electron chi connectivity index (χ2n) is 7.83. The normalized spacial score (nSPS) is 16.8. The molecule has 1 heterocycles. The summed E-state index contributed by atoms with van der Waals surface area (Å²) >= 11 is 1.34. The predicted molar refractivity (Wildman–Crippen MR) is 139 cm³/mol. The lowest BCUT2D eigenvalue weighted by atomic mass is 10.0. The fourth-order valence-electron chi connectivity index (χ4n) is 3.79. The van der Waals surface area contributed by atoms with Crippen molar-refractivity contribution in [1.82, 2.24) is 4.90 Å². The van der Waals surface area contributed by atoms with Crippen molar-refractivity contribution in [3.63, 3.8) is 0 Å². The Hall–Kier alpha value is -3.77. The number of thioether (sulfide) groups is 1. The molecule has 0 radical (unpaired) electrons. The molecular weight excluding hydrogens is 444 g/mol. The highest BCUT2D eigenvalue weighted by molar-refractivity contribution is 8.18. The van der Waals surface area contributed by atoms with Crippen LogP contribution in [0.2, 0.25) is 0 Å². The van der Waals surface area contributed by atoms with Gasteiger partial charge in [-0.2, -0.15) is 0 Å². The van der Waals surface area contributed by atoms with Gasteiger partial charge in [0, 0.05) is 5.56 Å². The molecule has 3 aromatic rings. The largest absolute Gasteiger partial charge is 0.504 e. The van der Waals surface area contributed by atoms with Gasteiger partial charge in [0.15, 0.2) is 16.7 Å². The smallest absolute Gasteiger partial charge is 0.267 e. The summed E-state index contributed by atoms with van der Waals surface area (Å²) in [5, 5.41) is 11.0. The first-order chi connectivity index (χ1) is 16.5. The number of hydrogen-bond donors (Lipinski definition) is 1. The summed E-state index contributed by atoms with van der Waals surface area (Å²) in [4.78, 5) is 20.7. The van der Waals surface area contributed by atoms with Gasteiger partial charge in [-0.25, -0.2) is 4.99 Å². The van der Waals surface area contributed by atoms with Crippen LogP contribution in [0.15, 0.2) is 95.3 Å². The number of phenols is 1.